The standard InChI is InChI=1S/C14H17N7OS/c1-20-10-16-19-14(20)23-9-13(22)15-7-4-6-12-18-17-11-5-2-3-8-21(11)12/h2-3,5,8,10H,4,6-7,9H2,1H3,(H,15,22). The molecule has 0 aliphatic carbocycles. The lowest BCUT2D eigenvalue weighted by Crippen LogP contribution is -2.26. The molecule has 3 heterocycles. The number of carbonyl (C=O) groups is 1. The monoisotopic (exact) mass is 331 g/mol. The van der Waals surface area contributed by atoms with E-state index in [1.54, 1.807) is 10.9 Å². The minimum atomic E-state index is -0.0101. The van der Waals surface area contributed by atoms with Crippen LogP contribution >= 0.6 is 11.8 Å². The Labute approximate surface area is 137 Å². The highest BCUT2D eigenvalue weighted by Gasteiger charge is 2.07. The van der Waals surface area contributed by atoms with Gasteiger partial charge in [-0.1, -0.05) is 17.8 Å². The Kier molecular flexibility index (Phi) is 4.86. The van der Waals surface area contributed by atoms with E-state index in [2.05, 4.69) is 25.7 Å². The number of nitrogens with zero attached hydrogens (tertiary/aromatic N) is 6. The molecule has 0 saturated heterocycles. The first-order valence-electron chi connectivity index (χ1n) is 7.26. The number of pyridine rings is 1. The Morgan fingerprint density at radius 3 is 3.04 bits per heavy atom. The van der Waals surface area contributed by atoms with Crippen molar-refractivity contribution in [3.05, 3.63) is 36.5 Å². The van der Waals surface area contributed by atoms with Gasteiger partial charge in [-0.2, -0.15) is 0 Å². The summed E-state index contributed by atoms with van der Waals surface area (Å²) in [6, 6.07) is 5.80. The zero-order chi connectivity index (χ0) is 16.1. The maximum Gasteiger partial charge on any atom is 0.230 e. The molecule has 0 spiro atoms. The molecule has 3 aromatic heterocycles. The van der Waals surface area contributed by atoms with E-state index in [0.29, 0.717) is 12.3 Å². The summed E-state index contributed by atoms with van der Waals surface area (Å²) in [5.74, 6) is 1.23. The lowest BCUT2D eigenvalue weighted by Gasteiger charge is -2.04. The van der Waals surface area contributed by atoms with Crippen LogP contribution in [0.15, 0.2) is 35.9 Å². The van der Waals surface area contributed by atoms with Crippen molar-refractivity contribution in [2.75, 3.05) is 12.3 Å². The van der Waals surface area contributed by atoms with Crippen molar-refractivity contribution in [2.45, 2.75) is 18.0 Å². The fourth-order valence-electron chi connectivity index (χ4n) is 2.12. The van der Waals surface area contributed by atoms with Crippen LogP contribution in [0.2, 0.25) is 0 Å². The fraction of sp³-hybridized carbons (Fsp3) is 0.357. The topological polar surface area (TPSA) is 90.0 Å². The predicted octanol–water partition coefficient (Wildman–Crippen LogP) is 0.699. The maximum atomic E-state index is 11.8. The number of amides is 1. The van der Waals surface area contributed by atoms with Crippen molar-refractivity contribution in [3.8, 4) is 0 Å². The minimum absolute atomic E-state index is 0.0101. The molecule has 8 nitrogen and oxygen atoms in total. The smallest absolute Gasteiger partial charge is 0.230 e. The third-order valence-electron chi connectivity index (χ3n) is 3.29. The molecule has 0 bridgehead atoms. The minimum Gasteiger partial charge on any atom is -0.355 e. The largest absolute Gasteiger partial charge is 0.355 e. The summed E-state index contributed by atoms with van der Waals surface area (Å²) in [6.07, 6.45) is 5.14. The van der Waals surface area contributed by atoms with E-state index < -0.39 is 0 Å². The van der Waals surface area contributed by atoms with Crippen molar-refractivity contribution in [3.63, 3.8) is 0 Å². The van der Waals surface area contributed by atoms with Crippen LogP contribution in [0.3, 0.4) is 0 Å². The summed E-state index contributed by atoms with van der Waals surface area (Å²) in [7, 11) is 1.85. The number of aryl methyl sites for hydroxylation is 2. The summed E-state index contributed by atoms with van der Waals surface area (Å²) in [5.41, 5.74) is 0.839. The SMILES string of the molecule is Cn1cnnc1SCC(=O)NCCCc1nnc2ccccn12. The molecule has 0 unspecified atom stereocenters. The van der Waals surface area contributed by atoms with Crippen LogP contribution in [-0.2, 0) is 18.3 Å². The quantitative estimate of drug-likeness (QED) is 0.506. The van der Waals surface area contributed by atoms with Gasteiger partial charge in [0, 0.05) is 26.2 Å². The molecule has 0 aromatic carbocycles. The van der Waals surface area contributed by atoms with Gasteiger partial charge in [0.1, 0.15) is 12.2 Å². The van der Waals surface area contributed by atoms with E-state index in [4.69, 9.17) is 0 Å². The molecule has 9 heteroatoms. The van der Waals surface area contributed by atoms with Gasteiger partial charge in [0.2, 0.25) is 5.91 Å². The second-order valence-corrected chi connectivity index (χ2v) is 5.95. The van der Waals surface area contributed by atoms with E-state index in [1.165, 1.54) is 11.8 Å². The number of thioether (sulfide) groups is 1. The van der Waals surface area contributed by atoms with Crippen molar-refractivity contribution in [2.24, 2.45) is 7.05 Å². The average Bonchev–Trinajstić information content (AvgIpc) is 3.16. The Bertz CT molecular complexity index is 797. The molecule has 0 fully saturated rings. The number of aromatic nitrogens is 6. The van der Waals surface area contributed by atoms with Crippen LogP contribution in [0, 0.1) is 0 Å². The lowest BCUT2D eigenvalue weighted by molar-refractivity contribution is -0.118. The zero-order valence-corrected chi connectivity index (χ0v) is 13.5. The highest BCUT2D eigenvalue weighted by molar-refractivity contribution is 7.99. The van der Waals surface area contributed by atoms with Gasteiger partial charge in [-0.3, -0.25) is 9.20 Å². The highest BCUT2D eigenvalue weighted by atomic mass is 32.2. The Morgan fingerprint density at radius 1 is 1.30 bits per heavy atom. The van der Waals surface area contributed by atoms with E-state index >= 15 is 0 Å². The summed E-state index contributed by atoms with van der Waals surface area (Å²) in [6.45, 7) is 0.611. The number of rotatable bonds is 7. The molecule has 23 heavy (non-hydrogen) atoms. The van der Waals surface area contributed by atoms with Crippen LogP contribution in [0.5, 0.6) is 0 Å². The number of fused-ring (bicyclic) bond motifs is 1. The molecule has 1 N–H and O–H groups in total. The second kappa shape index (κ2) is 7.23. The molecule has 0 radical (unpaired) electrons. The van der Waals surface area contributed by atoms with E-state index in [1.807, 2.05) is 35.8 Å². The zero-order valence-electron chi connectivity index (χ0n) is 12.7. The molecule has 0 aliphatic heterocycles. The third kappa shape index (κ3) is 3.86. The predicted molar refractivity (Wildman–Crippen MR) is 86.0 cm³/mol. The fourth-order valence-corrected chi connectivity index (χ4v) is 2.84. The average molecular weight is 331 g/mol. The molecule has 3 aromatic rings. The van der Waals surface area contributed by atoms with E-state index in [9.17, 15) is 4.79 Å². The molecule has 0 aliphatic rings. The van der Waals surface area contributed by atoms with Gasteiger partial charge < -0.3 is 9.88 Å². The Balaban J connectivity index is 1.39. The van der Waals surface area contributed by atoms with Gasteiger partial charge in [-0.25, -0.2) is 0 Å². The van der Waals surface area contributed by atoms with Gasteiger partial charge >= 0.3 is 0 Å². The molecule has 0 atom stereocenters. The Hall–Kier alpha value is -2.42. The lowest BCUT2D eigenvalue weighted by atomic mass is 10.3. The summed E-state index contributed by atoms with van der Waals surface area (Å²) < 4.78 is 3.75. The van der Waals surface area contributed by atoms with Gasteiger partial charge in [0.25, 0.3) is 0 Å². The maximum absolute atomic E-state index is 11.8. The summed E-state index contributed by atoms with van der Waals surface area (Å²) in [5, 5.41) is 19.6. The van der Waals surface area contributed by atoms with Crippen molar-refractivity contribution in [1.29, 1.82) is 0 Å². The number of hydrogen-bond donors (Lipinski definition) is 1. The molecular formula is C14H17N7OS. The second-order valence-electron chi connectivity index (χ2n) is 5.01. The Morgan fingerprint density at radius 2 is 2.22 bits per heavy atom. The van der Waals surface area contributed by atoms with Gasteiger partial charge in [0.05, 0.1) is 5.75 Å². The first-order valence-corrected chi connectivity index (χ1v) is 8.25. The molecule has 3 rings (SSSR count). The van der Waals surface area contributed by atoms with Crippen molar-refractivity contribution in [1.82, 2.24) is 34.7 Å². The third-order valence-corrected chi connectivity index (χ3v) is 4.32. The van der Waals surface area contributed by atoms with Crippen LogP contribution in [0.1, 0.15) is 12.2 Å². The number of carbonyl (C=O) groups excluding carboxylic acids is 1. The molecular weight excluding hydrogens is 314 g/mol. The molecule has 120 valence electrons. The highest BCUT2D eigenvalue weighted by Crippen LogP contribution is 2.12. The van der Waals surface area contributed by atoms with E-state index in [0.717, 1.165) is 29.5 Å². The molecule has 1 amide bonds. The van der Waals surface area contributed by atoms with Crippen LogP contribution in [0.25, 0.3) is 5.65 Å². The van der Waals surface area contributed by atoms with Gasteiger partial charge in [-0.05, 0) is 18.6 Å². The van der Waals surface area contributed by atoms with Crippen molar-refractivity contribution >= 4 is 23.3 Å². The van der Waals surface area contributed by atoms with Crippen LogP contribution in [-0.4, -0.2) is 47.6 Å². The normalized spacial score (nSPS) is 11.0. The van der Waals surface area contributed by atoms with E-state index in [-0.39, 0.29) is 5.91 Å². The molecule has 0 saturated carbocycles. The number of hydrogen-bond acceptors (Lipinski definition) is 6. The first kappa shape index (κ1) is 15.5. The van der Waals surface area contributed by atoms with Crippen molar-refractivity contribution < 1.29 is 4.79 Å². The number of nitrogens with one attached hydrogen (secondary N) is 1. The summed E-state index contributed by atoms with van der Waals surface area (Å²) >= 11 is 1.37. The van der Waals surface area contributed by atoms with Crippen LogP contribution in [0.4, 0.5) is 0 Å². The first-order chi connectivity index (χ1) is 11.2. The van der Waals surface area contributed by atoms with Crippen LogP contribution < -0.4 is 5.32 Å². The van der Waals surface area contributed by atoms with Gasteiger partial charge in [-0.15, -0.1) is 20.4 Å². The van der Waals surface area contributed by atoms with Gasteiger partial charge in [0.15, 0.2) is 10.8 Å². The summed E-state index contributed by atoms with van der Waals surface area (Å²) in [4.78, 5) is 11.8.